The van der Waals surface area contributed by atoms with E-state index >= 15 is 0 Å². The summed E-state index contributed by atoms with van der Waals surface area (Å²) in [7, 11) is 0. The topological polar surface area (TPSA) is 75.4 Å². The molecule has 5 nitrogen and oxygen atoms in total. The van der Waals surface area contributed by atoms with Gasteiger partial charge in [0.2, 0.25) is 0 Å². The van der Waals surface area contributed by atoms with Crippen LogP contribution in [-0.2, 0) is 0 Å². The lowest BCUT2D eigenvalue weighted by Crippen LogP contribution is -1.94. The Hall–Kier alpha value is -2.34. The molecule has 0 unspecified atom stereocenters. The van der Waals surface area contributed by atoms with Crippen LogP contribution in [0.25, 0.3) is 11.1 Å². The molecule has 0 spiro atoms. The number of nitrogens with one attached hydrogen (secondary N) is 1. The summed E-state index contributed by atoms with van der Waals surface area (Å²) in [6, 6.07) is 10.8. The monoisotopic (exact) mass is 346 g/mol. The maximum atomic E-state index is 10.9. The first kappa shape index (κ1) is 13.6. The zero-order valence-corrected chi connectivity index (χ0v) is 12.6. The third-order valence-electron chi connectivity index (χ3n) is 3.00. The van der Waals surface area contributed by atoms with Crippen LogP contribution in [0.1, 0.15) is 15.9 Å². The number of fused-ring (bicyclic) bond motifs is 1. The van der Waals surface area contributed by atoms with Crippen molar-refractivity contribution in [2.75, 3.05) is 5.32 Å². The van der Waals surface area contributed by atoms with Crippen LogP contribution >= 0.6 is 15.9 Å². The fraction of sp³-hybridized carbons (Fsp3) is 0.0667. The van der Waals surface area contributed by atoms with Crippen molar-refractivity contribution in [1.29, 1.82) is 0 Å². The van der Waals surface area contributed by atoms with E-state index in [9.17, 15) is 4.79 Å². The lowest BCUT2D eigenvalue weighted by atomic mass is 10.2. The summed E-state index contributed by atoms with van der Waals surface area (Å²) < 4.78 is 6.44. The number of halogens is 1. The molecule has 6 heteroatoms. The number of nitrogens with zero attached hydrogens (tertiary/aromatic N) is 1. The van der Waals surface area contributed by atoms with Gasteiger partial charge in [-0.3, -0.25) is 0 Å². The van der Waals surface area contributed by atoms with Gasteiger partial charge in [-0.15, -0.1) is 0 Å². The second-order valence-electron chi connectivity index (χ2n) is 4.61. The minimum absolute atomic E-state index is 0.168. The average molecular weight is 347 g/mol. The van der Waals surface area contributed by atoms with E-state index in [1.165, 1.54) is 12.1 Å². The second-order valence-corrected chi connectivity index (χ2v) is 5.47. The molecule has 3 rings (SSSR count). The van der Waals surface area contributed by atoms with E-state index in [-0.39, 0.29) is 5.56 Å². The van der Waals surface area contributed by atoms with Crippen LogP contribution in [0.5, 0.6) is 0 Å². The van der Waals surface area contributed by atoms with Crippen LogP contribution < -0.4 is 5.32 Å². The summed E-state index contributed by atoms with van der Waals surface area (Å²) in [5.74, 6) is -0.996. The highest BCUT2D eigenvalue weighted by atomic mass is 79.9. The number of hydrogen-bond donors (Lipinski definition) is 2. The smallest absolute Gasteiger partial charge is 0.335 e. The van der Waals surface area contributed by atoms with E-state index < -0.39 is 5.97 Å². The van der Waals surface area contributed by atoms with Gasteiger partial charge < -0.3 is 14.8 Å². The predicted octanol–water partition coefficient (Wildman–Crippen LogP) is 4.34. The molecule has 3 aromatic rings. The number of carboxylic acids is 1. The molecule has 0 bridgehead atoms. The number of rotatable bonds is 3. The first-order chi connectivity index (χ1) is 10.0. The summed E-state index contributed by atoms with van der Waals surface area (Å²) in [5.41, 5.74) is 3.14. The molecular weight excluding hydrogens is 336 g/mol. The molecule has 0 fully saturated rings. The highest BCUT2D eigenvalue weighted by Crippen LogP contribution is 2.28. The van der Waals surface area contributed by atoms with Crippen molar-refractivity contribution in [3.63, 3.8) is 0 Å². The van der Waals surface area contributed by atoms with Gasteiger partial charge in [-0.05, 0) is 58.7 Å². The number of hydrogen-bond acceptors (Lipinski definition) is 4. The largest absolute Gasteiger partial charge is 0.478 e. The first-order valence-electron chi connectivity index (χ1n) is 6.20. The van der Waals surface area contributed by atoms with Gasteiger partial charge in [0.15, 0.2) is 5.58 Å². The van der Waals surface area contributed by atoms with Crippen molar-refractivity contribution in [3.8, 4) is 0 Å². The van der Waals surface area contributed by atoms with Crippen LogP contribution in [0.4, 0.5) is 11.7 Å². The maximum Gasteiger partial charge on any atom is 0.335 e. The van der Waals surface area contributed by atoms with Gasteiger partial charge in [0.25, 0.3) is 6.01 Å². The molecule has 0 amide bonds. The highest BCUT2D eigenvalue weighted by molar-refractivity contribution is 9.10. The van der Waals surface area contributed by atoms with Gasteiger partial charge >= 0.3 is 5.97 Å². The first-order valence-corrected chi connectivity index (χ1v) is 6.99. The molecule has 0 atom stereocenters. The minimum Gasteiger partial charge on any atom is -0.478 e. The molecule has 0 radical (unpaired) electrons. The number of carbonyl (C=O) groups is 1. The van der Waals surface area contributed by atoms with Crippen LogP contribution in [-0.4, -0.2) is 16.1 Å². The molecule has 21 heavy (non-hydrogen) atoms. The van der Waals surface area contributed by atoms with Crippen LogP contribution in [0.15, 0.2) is 45.3 Å². The van der Waals surface area contributed by atoms with E-state index in [0.717, 1.165) is 15.7 Å². The van der Waals surface area contributed by atoms with E-state index in [4.69, 9.17) is 9.52 Å². The fourth-order valence-corrected chi connectivity index (χ4v) is 2.31. The molecule has 0 aliphatic heterocycles. The Morgan fingerprint density at radius 2 is 2.10 bits per heavy atom. The molecule has 0 saturated carbocycles. The quantitative estimate of drug-likeness (QED) is 0.737. The Kier molecular flexibility index (Phi) is 3.39. The van der Waals surface area contributed by atoms with Gasteiger partial charge in [0.1, 0.15) is 5.52 Å². The Labute approximate surface area is 128 Å². The standard InChI is InChI=1S/C15H11BrN2O3/c1-8-2-4-10(16)12(6-8)18-15-17-11-5-3-9(14(19)20)7-13(11)21-15/h2-7H,1H3,(H,17,18)(H,19,20). The average Bonchev–Trinajstić information content (AvgIpc) is 2.84. The summed E-state index contributed by atoms with van der Waals surface area (Å²) in [6.07, 6.45) is 0. The number of aryl methyl sites for hydroxylation is 1. The summed E-state index contributed by atoms with van der Waals surface area (Å²) in [6.45, 7) is 1.99. The zero-order chi connectivity index (χ0) is 15.0. The summed E-state index contributed by atoms with van der Waals surface area (Å²) in [5, 5.41) is 12.0. The van der Waals surface area contributed by atoms with Crippen molar-refractivity contribution < 1.29 is 14.3 Å². The predicted molar refractivity (Wildman–Crippen MR) is 83.1 cm³/mol. The van der Waals surface area contributed by atoms with Crippen molar-refractivity contribution >= 4 is 44.7 Å². The Balaban J connectivity index is 1.97. The fourth-order valence-electron chi connectivity index (χ4n) is 1.96. The molecule has 0 saturated heterocycles. The number of aromatic nitrogens is 1. The molecule has 0 aliphatic rings. The lowest BCUT2D eigenvalue weighted by molar-refractivity contribution is 0.0697. The number of carboxylic acid groups (broad SMARTS) is 1. The third-order valence-corrected chi connectivity index (χ3v) is 3.69. The van der Waals surface area contributed by atoms with Crippen LogP contribution in [0, 0.1) is 6.92 Å². The SMILES string of the molecule is Cc1ccc(Br)c(Nc2nc3ccc(C(=O)O)cc3o2)c1. The Morgan fingerprint density at radius 3 is 2.86 bits per heavy atom. The van der Waals surface area contributed by atoms with Gasteiger partial charge in [0, 0.05) is 4.47 Å². The van der Waals surface area contributed by atoms with Crippen molar-refractivity contribution in [2.45, 2.75) is 6.92 Å². The zero-order valence-electron chi connectivity index (χ0n) is 11.1. The molecule has 1 aromatic heterocycles. The molecule has 1 heterocycles. The van der Waals surface area contributed by atoms with E-state index in [0.29, 0.717) is 17.1 Å². The second kappa shape index (κ2) is 5.21. The molecule has 2 aromatic carbocycles. The van der Waals surface area contributed by atoms with Gasteiger partial charge in [0.05, 0.1) is 11.3 Å². The van der Waals surface area contributed by atoms with Crippen LogP contribution in [0.2, 0.25) is 0 Å². The van der Waals surface area contributed by atoms with Crippen LogP contribution in [0.3, 0.4) is 0 Å². The molecular formula is C15H11BrN2O3. The van der Waals surface area contributed by atoms with Gasteiger partial charge in [-0.2, -0.15) is 4.98 Å². The lowest BCUT2D eigenvalue weighted by Gasteiger charge is -2.05. The van der Waals surface area contributed by atoms with E-state index in [1.807, 2.05) is 25.1 Å². The molecule has 2 N–H and O–H groups in total. The number of aromatic carboxylic acids is 1. The number of benzene rings is 2. The van der Waals surface area contributed by atoms with Crippen molar-refractivity contribution in [3.05, 3.63) is 52.0 Å². The van der Waals surface area contributed by atoms with Gasteiger partial charge in [-0.1, -0.05) is 6.07 Å². The van der Waals surface area contributed by atoms with E-state index in [2.05, 4.69) is 26.2 Å². The summed E-state index contributed by atoms with van der Waals surface area (Å²) >= 11 is 3.45. The Morgan fingerprint density at radius 1 is 1.29 bits per heavy atom. The molecule has 106 valence electrons. The van der Waals surface area contributed by atoms with Crippen molar-refractivity contribution in [1.82, 2.24) is 4.98 Å². The molecule has 0 aliphatic carbocycles. The van der Waals surface area contributed by atoms with Crippen molar-refractivity contribution in [2.24, 2.45) is 0 Å². The third kappa shape index (κ3) is 2.75. The van der Waals surface area contributed by atoms with E-state index in [1.54, 1.807) is 6.07 Å². The highest BCUT2D eigenvalue weighted by Gasteiger charge is 2.11. The number of oxazole rings is 1. The maximum absolute atomic E-state index is 10.9. The summed E-state index contributed by atoms with van der Waals surface area (Å²) in [4.78, 5) is 15.2. The normalized spacial score (nSPS) is 10.8. The minimum atomic E-state index is -0.996. The number of anilines is 2. The Bertz CT molecular complexity index is 842. The van der Waals surface area contributed by atoms with Gasteiger partial charge in [-0.25, -0.2) is 4.79 Å².